The fourth-order valence-corrected chi connectivity index (χ4v) is 5.58. The van der Waals surface area contributed by atoms with Crippen LogP contribution in [-0.4, -0.2) is 19.9 Å². The summed E-state index contributed by atoms with van der Waals surface area (Å²) in [5, 5.41) is 4.16. The highest BCUT2D eigenvalue weighted by Gasteiger charge is 2.12. The quantitative estimate of drug-likeness (QED) is 0.210. The zero-order valence-electron chi connectivity index (χ0n) is 20.1. The molecule has 4 aromatic heterocycles. The van der Waals surface area contributed by atoms with Crippen LogP contribution in [0.4, 0.5) is 0 Å². The number of rotatable bonds is 2. The molecule has 0 atom stereocenters. The van der Waals surface area contributed by atoms with Gasteiger partial charge in [-0.25, -0.2) is 0 Å². The molecule has 0 amide bonds. The van der Waals surface area contributed by atoms with E-state index in [-0.39, 0.29) is 0 Å². The molecule has 7 rings (SSSR count). The molecule has 1 aliphatic rings. The molecule has 6 heteroatoms. The standard InChI is InChI=1S/C32H22Br2N4/c33-21-5-1-19(2-6-21)31-27-13-9-23(35-27)17-25-11-15-29(37-25)32(20-3-7-22(34)8-4-20)30-16-12-26(38-30)18-24-10-14-28(31)36-24/h1-18,35-38H. The fraction of sp³-hybridized carbons (Fsp3) is 0. The predicted octanol–water partition coefficient (Wildman–Crippen LogP) is 4.99. The van der Waals surface area contributed by atoms with Crippen LogP contribution < -0.4 is 21.4 Å². The molecule has 5 heterocycles. The molecule has 0 spiro atoms. The van der Waals surface area contributed by atoms with Gasteiger partial charge >= 0.3 is 0 Å². The number of nitrogens with one attached hydrogen (secondary N) is 4. The van der Waals surface area contributed by atoms with Gasteiger partial charge in [-0.2, -0.15) is 0 Å². The molecule has 38 heavy (non-hydrogen) atoms. The molecule has 0 saturated heterocycles. The lowest BCUT2D eigenvalue weighted by molar-refractivity contribution is 1.21. The molecule has 0 saturated carbocycles. The molecule has 4 N–H and O–H groups in total. The summed E-state index contributed by atoms with van der Waals surface area (Å²) in [7, 11) is 0. The van der Waals surface area contributed by atoms with Crippen LogP contribution in [-0.2, 0) is 0 Å². The summed E-state index contributed by atoms with van der Waals surface area (Å²) in [5.74, 6) is 0. The zero-order chi connectivity index (χ0) is 25.6. The molecule has 0 radical (unpaired) electrons. The van der Waals surface area contributed by atoms with Gasteiger partial charge in [0.15, 0.2) is 0 Å². The van der Waals surface area contributed by atoms with Crippen molar-refractivity contribution in [1.29, 1.82) is 0 Å². The highest BCUT2D eigenvalue weighted by Crippen LogP contribution is 2.24. The van der Waals surface area contributed by atoms with Gasteiger partial charge in [0.2, 0.25) is 0 Å². The summed E-state index contributed by atoms with van der Waals surface area (Å²) < 4.78 is 2.11. The first-order valence-corrected chi connectivity index (χ1v) is 13.9. The van der Waals surface area contributed by atoms with Crippen LogP contribution in [0.15, 0.2) is 106 Å². The van der Waals surface area contributed by atoms with E-state index >= 15 is 0 Å². The Hall–Kier alpha value is -4.00. The minimum atomic E-state index is 1.03. The molecular formula is C32H22Br2N4. The molecule has 8 bridgehead atoms. The first-order chi connectivity index (χ1) is 18.6. The first kappa shape index (κ1) is 23.1. The second-order valence-corrected chi connectivity index (χ2v) is 11.2. The maximum absolute atomic E-state index is 3.63. The molecule has 1 aliphatic heterocycles. The molecule has 4 nitrogen and oxygen atoms in total. The largest absolute Gasteiger partial charge is 0.355 e. The second kappa shape index (κ2) is 9.39. The van der Waals surface area contributed by atoms with Crippen LogP contribution >= 0.6 is 31.9 Å². The number of halogens is 2. The van der Waals surface area contributed by atoms with Crippen LogP contribution in [0.25, 0.3) is 23.3 Å². The van der Waals surface area contributed by atoms with Crippen molar-refractivity contribution in [1.82, 2.24) is 19.9 Å². The van der Waals surface area contributed by atoms with Gasteiger partial charge in [0, 0.05) is 64.3 Å². The average molecular weight is 622 g/mol. The van der Waals surface area contributed by atoms with Gasteiger partial charge in [-0.05, 0) is 96.1 Å². The summed E-state index contributed by atoms with van der Waals surface area (Å²) in [6.45, 7) is 0. The number of H-pyrrole nitrogens is 4. The normalized spacial score (nSPS) is 12.8. The Morgan fingerprint density at radius 1 is 0.395 bits per heavy atom. The first-order valence-electron chi connectivity index (χ1n) is 12.3. The van der Waals surface area contributed by atoms with E-state index in [9.17, 15) is 0 Å². The summed E-state index contributed by atoms with van der Waals surface area (Å²) in [6.07, 6.45) is 4.29. The van der Waals surface area contributed by atoms with Crippen LogP contribution in [0, 0.1) is 0 Å². The highest BCUT2D eigenvalue weighted by atomic mass is 79.9. The monoisotopic (exact) mass is 620 g/mol. The predicted molar refractivity (Wildman–Crippen MR) is 160 cm³/mol. The summed E-state index contributed by atoms with van der Waals surface area (Å²) in [5.41, 5.74) is 8.67. The molecule has 0 fully saturated rings. The number of benzene rings is 2. The number of aromatic amines is 4. The van der Waals surface area contributed by atoms with Gasteiger partial charge in [-0.1, -0.05) is 56.1 Å². The molecule has 0 unspecified atom stereocenters. The molecule has 0 aliphatic carbocycles. The van der Waals surface area contributed by atoms with Crippen molar-refractivity contribution in [3.05, 3.63) is 161 Å². The third-order valence-corrected chi connectivity index (χ3v) is 7.86. The van der Waals surface area contributed by atoms with Crippen molar-refractivity contribution in [3.8, 4) is 0 Å². The lowest BCUT2D eigenvalue weighted by Gasteiger charge is -2.06. The van der Waals surface area contributed by atoms with E-state index in [1.165, 1.54) is 0 Å². The van der Waals surface area contributed by atoms with E-state index < -0.39 is 0 Å². The van der Waals surface area contributed by atoms with Gasteiger partial charge in [0.05, 0.1) is 0 Å². The Bertz CT molecular complexity index is 1880. The van der Waals surface area contributed by atoms with Crippen molar-refractivity contribution in [3.63, 3.8) is 0 Å². The van der Waals surface area contributed by atoms with E-state index in [1.54, 1.807) is 0 Å². The van der Waals surface area contributed by atoms with Gasteiger partial charge in [-0.15, -0.1) is 0 Å². The van der Waals surface area contributed by atoms with E-state index in [1.807, 2.05) is 0 Å². The van der Waals surface area contributed by atoms with Crippen molar-refractivity contribution in [2.45, 2.75) is 0 Å². The minimum absolute atomic E-state index is 1.03. The second-order valence-electron chi connectivity index (χ2n) is 9.36. The number of fused-ring (bicyclic) bond motifs is 8. The van der Waals surface area contributed by atoms with E-state index in [2.05, 4.69) is 161 Å². The van der Waals surface area contributed by atoms with Gasteiger partial charge < -0.3 is 19.9 Å². The lowest BCUT2D eigenvalue weighted by Crippen LogP contribution is -2.15. The van der Waals surface area contributed by atoms with Gasteiger partial charge in [0.25, 0.3) is 0 Å². The maximum atomic E-state index is 3.63. The van der Waals surface area contributed by atoms with Crippen molar-refractivity contribution >= 4 is 55.2 Å². The van der Waals surface area contributed by atoms with Crippen molar-refractivity contribution in [2.75, 3.05) is 0 Å². The van der Waals surface area contributed by atoms with E-state index in [4.69, 9.17) is 0 Å². The topological polar surface area (TPSA) is 63.2 Å². The fourth-order valence-electron chi connectivity index (χ4n) is 5.05. The SMILES string of the molecule is Brc1ccc(C2=c3ccc([nH]3)=Cc3ccc([nH]3)C(c3ccc(Br)cc3)=c3ccc([nH]3)=Cc3ccc2[nH]3)cc1. The van der Waals surface area contributed by atoms with Crippen LogP contribution in [0.1, 0.15) is 33.9 Å². The summed E-state index contributed by atoms with van der Waals surface area (Å²) in [6, 6.07) is 33.9. The third-order valence-electron chi connectivity index (χ3n) is 6.80. The summed E-state index contributed by atoms with van der Waals surface area (Å²) >= 11 is 7.14. The Balaban J connectivity index is 1.51. The minimum Gasteiger partial charge on any atom is -0.355 e. The smallest absolute Gasteiger partial charge is 0.0485 e. The van der Waals surface area contributed by atoms with Gasteiger partial charge in [0.1, 0.15) is 0 Å². The number of hydrogen-bond donors (Lipinski definition) is 4. The van der Waals surface area contributed by atoms with Crippen LogP contribution in [0.3, 0.4) is 0 Å². The number of hydrogen-bond acceptors (Lipinski definition) is 0. The van der Waals surface area contributed by atoms with E-state index in [0.29, 0.717) is 0 Å². The summed E-state index contributed by atoms with van der Waals surface area (Å²) in [4.78, 5) is 14.5. The van der Waals surface area contributed by atoms with E-state index in [0.717, 1.165) is 75.4 Å². The maximum Gasteiger partial charge on any atom is 0.0485 e. The Labute approximate surface area is 235 Å². The molecular weight excluding hydrogens is 600 g/mol. The Kier molecular flexibility index (Phi) is 5.72. The molecule has 184 valence electrons. The van der Waals surface area contributed by atoms with Crippen LogP contribution in [0.2, 0.25) is 0 Å². The number of aromatic nitrogens is 4. The van der Waals surface area contributed by atoms with Crippen molar-refractivity contribution < 1.29 is 0 Å². The van der Waals surface area contributed by atoms with Gasteiger partial charge in [-0.3, -0.25) is 0 Å². The Morgan fingerprint density at radius 2 is 0.816 bits per heavy atom. The third kappa shape index (κ3) is 4.36. The lowest BCUT2D eigenvalue weighted by atomic mass is 10.0. The zero-order valence-corrected chi connectivity index (χ0v) is 23.3. The van der Waals surface area contributed by atoms with Crippen molar-refractivity contribution in [2.24, 2.45) is 0 Å². The average Bonchev–Trinajstić information content (AvgIpc) is 3.72. The Morgan fingerprint density at radius 3 is 1.24 bits per heavy atom. The molecule has 2 aromatic carbocycles. The molecule has 6 aromatic rings. The highest BCUT2D eigenvalue weighted by molar-refractivity contribution is 9.10. The van der Waals surface area contributed by atoms with Crippen LogP contribution in [0.5, 0.6) is 0 Å².